The molecule has 0 radical (unpaired) electrons. The number of nitrogens with zero attached hydrogens (tertiary/aromatic N) is 3. The highest BCUT2D eigenvalue weighted by atomic mass is 79.9. The third-order valence-corrected chi connectivity index (χ3v) is 5.49. The summed E-state index contributed by atoms with van der Waals surface area (Å²) in [6.07, 6.45) is 6.53. The Hall–Kier alpha value is -0.880. The second-order valence-corrected chi connectivity index (χ2v) is 7.32. The minimum atomic E-state index is 0.0285. The molecule has 2 fully saturated rings. The van der Waals surface area contributed by atoms with Crippen molar-refractivity contribution in [2.45, 2.75) is 45.2 Å². The van der Waals surface area contributed by atoms with Gasteiger partial charge in [0.15, 0.2) is 0 Å². The lowest BCUT2D eigenvalue weighted by Crippen LogP contribution is -2.37. The fraction of sp³-hybridized carbons (Fsp3) is 0.733. The molecule has 1 aromatic heterocycles. The van der Waals surface area contributed by atoms with E-state index < -0.39 is 0 Å². The Balaban J connectivity index is 1.90. The second kappa shape index (κ2) is 6.08. The van der Waals surface area contributed by atoms with E-state index in [4.69, 9.17) is 5.73 Å². The molecule has 2 heterocycles. The van der Waals surface area contributed by atoms with Crippen LogP contribution in [-0.4, -0.2) is 28.9 Å². The van der Waals surface area contributed by atoms with Crippen LogP contribution >= 0.6 is 15.9 Å². The van der Waals surface area contributed by atoms with Gasteiger partial charge in [-0.15, -0.1) is 0 Å². The standard InChI is InChI=1S/C15H23BrN4O/c1-10-5-12(6-17)8-19(10)14-13(16)7-18-20(15(14)21)9-11-3-2-4-11/h7,10-12H,2-6,8-9,17H2,1H3. The van der Waals surface area contributed by atoms with Crippen molar-refractivity contribution in [3.05, 3.63) is 21.0 Å². The van der Waals surface area contributed by atoms with E-state index in [2.05, 4.69) is 32.9 Å². The number of hydrogen-bond donors (Lipinski definition) is 1. The summed E-state index contributed by atoms with van der Waals surface area (Å²) in [4.78, 5) is 15.0. The first-order chi connectivity index (χ1) is 10.1. The zero-order chi connectivity index (χ0) is 15.0. The minimum absolute atomic E-state index is 0.0285. The van der Waals surface area contributed by atoms with Crippen molar-refractivity contribution in [2.24, 2.45) is 17.6 Å². The maximum Gasteiger partial charge on any atom is 0.291 e. The molecule has 3 rings (SSSR count). The summed E-state index contributed by atoms with van der Waals surface area (Å²) < 4.78 is 2.44. The maximum atomic E-state index is 12.8. The predicted molar refractivity (Wildman–Crippen MR) is 87.5 cm³/mol. The number of nitrogens with two attached hydrogens (primary N) is 1. The summed E-state index contributed by atoms with van der Waals surface area (Å²) in [6, 6.07) is 0.349. The molecular weight excluding hydrogens is 332 g/mol. The molecule has 1 aliphatic heterocycles. The van der Waals surface area contributed by atoms with Gasteiger partial charge in [-0.2, -0.15) is 5.10 Å². The van der Waals surface area contributed by atoms with Gasteiger partial charge in [0, 0.05) is 19.1 Å². The van der Waals surface area contributed by atoms with Gasteiger partial charge < -0.3 is 10.6 Å². The highest BCUT2D eigenvalue weighted by molar-refractivity contribution is 9.10. The molecule has 116 valence electrons. The molecule has 6 heteroatoms. The first-order valence-electron chi connectivity index (χ1n) is 7.82. The first-order valence-corrected chi connectivity index (χ1v) is 8.61. The van der Waals surface area contributed by atoms with Crippen LogP contribution in [0.25, 0.3) is 0 Å². The molecule has 0 aromatic carbocycles. The summed E-state index contributed by atoms with van der Waals surface area (Å²) in [5.74, 6) is 1.09. The van der Waals surface area contributed by atoms with Gasteiger partial charge in [0.05, 0.1) is 10.7 Å². The smallest absolute Gasteiger partial charge is 0.291 e. The van der Waals surface area contributed by atoms with E-state index >= 15 is 0 Å². The molecule has 1 aromatic rings. The zero-order valence-corrected chi connectivity index (χ0v) is 14.1. The van der Waals surface area contributed by atoms with Crippen molar-refractivity contribution >= 4 is 21.6 Å². The van der Waals surface area contributed by atoms with Crippen molar-refractivity contribution in [1.82, 2.24) is 9.78 Å². The quantitative estimate of drug-likeness (QED) is 0.897. The van der Waals surface area contributed by atoms with Crippen LogP contribution < -0.4 is 16.2 Å². The van der Waals surface area contributed by atoms with Crippen LogP contribution in [0.1, 0.15) is 32.6 Å². The molecule has 2 N–H and O–H groups in total. The molecule has 2 unspecified atom stereocenters. The van der Waals surface area contributed by atoms with Gasteiger partial charge in [-0.1, -0.05) is 6.42 Å². The monoisotopic (exact) mass is 354 g/mol. The van der Waals surface area contributed by atoms with E-state index in [0.29, 0.717) is 24.4 Å². The molecule has 1 saturated heterocycles. The van der Waals surface area contributed by atoms with Crippen LogP contribution in [0, 0.1) is 11.8 Å². The van der Waals surface area contributed by atoms with Gasteiger partial charge in [-0.25, -0.2) is 4.68 Å². The van der Waals surface area contributed by atoms with Gasteiger partial charge in [-0.05, 0) is 60.5 Å². The van der Waals surface area contributed by atoms with Crippen molar-refractivity contribution < 1.29 is 0 Å². The Kier molecular flexibility index (Phi) is 4.36. The van der Waals surface area contributed by atoms with Gasteiger partial charge in [0.25, 0.3) is 5.56 Å². The van der Waals surface area contributed by atoms with Crippen LogP contribution in [-0.2, 0) is 6.54 Å². The third-order valence-electron chi connectivity index (χ3n) is 4.91. The van der Waals surface area contributed by atoms with Gasteiger partial charge in [-0.3, -0.25) is 4.79 Å². The van der Waals surface area contributed by atoms with E-state index in [-0.39, 0.29) is 5.56 Å². The third kappa shape index (κ3) is 2.88. The molecule has 0 spiro atoms. The topological polar surface area (TPSA) is 64.2 Å². The van der Waals surface area contributed by atoms with Crippen molar-refractivity contribution in [1.29, 1.82) is 0 Å². The average Bonchev–Trinajstić information content (AvgIpc) is 2.77. The summed E-state index contributed by atoms with van der Waals surface area (Å²) in [5.41, 5.74) is 6.59. The molecule has 21 heavy (non-hydrogen) atoms. The first kappa shape index (κ1) is 15.0. The molecule has 1 saturated carbocycles. The number of hydrogen-bond acceptors (Lipinski definition) is 4. The zero-order valence-electron chi connectivity index (χ0n) is 12.5. The predicted octanol–water partition coefficient (Wildman–Crippen LogP) is 1.98. The minimum Gasteiger partial charge on any atom is -0.363 e. The fourth-order valence-electron chi connectivity index (χ4n) is 3.39. The SMILES string of the molecule is CC1CC(CN)CN1c1c(Br)cnn(CC2CCC2)c1=O. The Labute approximate surface area is 133 Å². The molecule has 0 amide bonds. The molecular formula is C15H23BrN4O. The summed E-state index contributed by atoms with van der Waals surface area (Å²) in [5, 5.41) is 4.30. The average molecular weight is 355 g/mol. The van der Waals surface area contributed by atoms with Crippen LogP contribution in [0.2, 0.25) is 0 Å². The highest BCUT2D eigenvalue weighted by Crippen LogP contribution is 2.31. The lowest BCUT2D eigenvalue weighted by Gasteiger charge is -2.27. The molecule has 1 aliphatic carbocycles. The number of rotatable bonds is 4. The van der Waals surface area contributed by atoms with Crippen molar-refractivity contribution in [2.75, 3.05) is 18.0 Å². The van der Waals surface area contributed by atoms with Crippen molar-refractivity contribution in [3.8, 4) is 0 Å². The second-order valence-electron chi connectivity index (χ2n) is 6.46. The van der Waals surface area contributed by atoms with Crippen molar-refractivity contribution in [3.63, 3.8) is 0 Å². The highest BCUT2D eigenvalue weighted by Gasteiger charge is 2.32. The lowest BCUT2D eigenvalue weighted by atomic mass is 9.85. The number of aromatic nitrogens is 2. The maximum absolute atomic E-state index is 12.8. The largest absolute Gasteiger partial charge is 0.363 e. The van der Waals surface area contributed by atoms with E-state index in [1.807, 2.05) is 0 Å². The van der Waals surface area contributed by atoms with E-state index in [9.17, 15) is 4.79 Å². The molecule has 5 nitrogen and oxygen atoms in total. The van der Waals surface area contributed by atoms with Gasteiger partial charge in [0.1, 0.15) is 5.69 Å². The number of anilines is 1. The van der Waals surface area contributed by atoms with E-state index in [0.717, 1.165) is 29.7 Å². The molecule has 2 atom stereocenters. The number of halogens is 1. The van der Waals surface area contributed by atoms with Crippen LogP contribution in [0.5, 0.6) is 0 Å². The van der Waals surface area contributed by atoms with Crippen LogP contribution in [0.3, 0.4) is 0 Å². The Morgan fingerprint density at radius 1 is 1.43 bits per heavy atom. The van der Waals surface area contributed by atoms with E-state index in [1.54, 1.807) is 10.9 Å². The van der Waals surface area contributed by atoms with E-state index in [1.165, 1.54) is 19.3 Å². The Morgan fingerprint density at radius 3 is 2.76 bits per heavy atom. The fourth-order valence-corrected chi connectivity index (χ4v) is 3.88. The molecule has 2 aliphatic rings. The summed E-state index contributed by atoms with van der Waals surface area (Å²) in [6.45, 7) is 4.46. The van der Waals surface area contributed by atoms with Gasteiger partial charge in [0.2, 0.25) is 0 Å². The van der Waals surface area contributed by atoms with Crippen LogP contribution in [0.15, 0.2) is 15.5 Å². The molecule has 0 bridgehead atoms. The normalized spacial score (nSPS) is 26.1. The van der Waals surface area contributed by atoms with Crippen LogP contribution in [0.4, 0.5) is 5.69 Å². The van der Waals surface area contributed by atoms with Gasteiger partial charge >= 0.3 is 0 Å². The summed E-state index contributed by atoms with van der Waals surface area (Å²) in [7, 11) is 0. The summed E-state index contributed by atoms with van der Waals surface area (Å²) >= 11 is 3.51. The lowest BCUT2D eigenvalue weighted by molar-refractivity contribution is 0.261. The Bertz CT molecular complexity index is 569. The Morgan fingerprint density at radius 2 is 2.19 bits per heavy atom.